The van der Waals surface area contributed by atoms with Gasteiger partial charge in [0.1, 0.15) is 12.9 Å². The van der Waals surface area contributed by atoms with Crippen LogP contribution >= 0.6 is 0 Å². The fraction of sp³-hybridized carbons (Fsp3) is 0.231. The van der Waals surface area contributed by atoms with Crippen molar-refractivity contribution < 1.29 is 21.9 Å². The van der Waals surface area contributed by atoms with Gasteiger partial charge >= 0.3 is 0 Å². The number of hydrogen-bond donors (Lipinski definition) is 2. The molecule has 0 aliphatic rings. The van der Waals surface area contributed by atoms with Crippen molar-refractivity contribution in [2.45, 2.75) is 6.54 Å². The minimum atomic E-state index is 0. The largest absolute Gasteiger partial charge is 1.00 e. The van der Waals surface area contributed by atoms with Crippen molar-refractivity contribution in [3.63, 3.8) is 0 Å². The predicted molar refractivity (Wildman–Crippen MR) is 72.4 cm³/mol. The number of ether oxygens (including phenoxy) is 2. The number of nitrogens with one attached hydrogen (secondary N) is 2. The van der Waals surface area contributed by atoms with Gasteiger partial charge < -0.3 is 27.2 Å². The first-order valence-corrected chi connectivity index (χ1v) is 5.84. The standard InChI is InChI=1S/C13H16N4O2.ClH/c1-3-7-19-12-10(5-4-6-11(12)18-2)8-14-13-15-9-16-17-13;/h3-6,9H,1,7-8H2,2H3,(H2,14,15,16,17);1H/p-1. The van der Waals surface area contributed by atoms with Gasteiger partial charge in [-0.15, -0.1) is 0 Å². The van der Waals surface area contributed by atoms with Gasteiger partial charge in [-0.1, -0.05) is 24.8 Å². The lowest BCUT2D eigenvalue weighted by molar-refractivity contribution is -0.00000464. The van der Waals surface area contributed by atoms with Crippen molar-refractivity contribution in [1.29, 1.82) is 0 Å². The Morgan fingerprint density at radius 1 is 1.45 bits per heavy atom. The van der Waals surface area contributed by atoms with Crippen molar-refractivity contribution >= 4 is 5.95 Å². The van der Waals surface area contributed by atoms with Gasteiger partial charge in [0.25, 0.3) is 0 Å². The van der Waals surface area contributed by atoms with Crippen molar-refractivity contribution in [1.82, 2.24) is 15.2 Å². The summed E-state index contributed by atoms with van der Waals surface area (Å²) in [7, 11) is 1.61. The van der Waals surface area contributed by atoms with Crippen LogP contribution in [0.5, 0.6) is 11.5 Å². The van der Waals surface area contributed by atoms with Gasteiger partial charge in [0, 0.05) is 12.1 Å². The van der Waals surface area contributed by atoms with Crippen LogP contribution < -0.4 is 27.2 Å². The normalized spacial score (nSPS) is 9.45. The SMILES string of the molecule is C=CCOc1c(CNc2ncn[nH]2)cccc1OC.[Cl-]. The van der Waals surface area contributed by atoms with Crippen molar-refractivity contribution in [2.75, 3.05) is 19.0 Å². The Bertz CT molecular complexity index is 531. The van der Waals surface area contributed by atoms with Crippen LogP contribution in [0, 0.1) is 0 Å². The van der Waals surface area contributed by atoms with E-state index in [1.165, 1.54) is 6.33 Å². The zero-order chi connectivity index (χ0) is 13.5. The number of para-hydroxylation sites is 1. The van der Waals surface area contributed by atoms with E-state index in [1.54, 1.807) is 13.2 Å². The first-order valence-electron chi connectivity index (χ1n) is 5.84. The molecule has 6 nitrogen and oxygen atoms in total. The van der Waals surface area contributed by atoms with Crippen molar-refractivity contribution in [2.24, 2.45) is 0 Å². The Balaban J connectivity index is 0.00000200. The summed E-state index contributed by atoms with van der Waals surface area (Å²) in [5, 5.41) is 9.63. The molecule has 2 N–H and O–H groups in total. The third kappa shape index (κ3) is 3.89. The molecule has 0 atom stereocenters. The molecule has 7 heteroatoms. The monoisotopic (exact) mass is 295 g/mol. The van der Waals surface area contributed by atoms with Gasteiger partial charge in [0.05, 0.1) is 7.11 Å². The molecule has 2 aromatic rings. The van der Waals surface area contributed by atoms with Crippen LogP contribution in [0.25, 0.3) is 0 Å². The lowest BCUT2D eigenvalue weighted by Crippen LogP contribution is -3.00. The lowest BCUT2D eigenvalue weighted by Gasteiger charge is -2.14. The molecule has 0 fully saturated rings. The van der Waals surface area contributed by atoms with Crippen LogP contribution in [-0.4, -0.2) is 28.9 Å². The highest BCUT2D eigenvalue weighted by atomic mass is 35.5. The summed E-state index contributed by atoms with van der Waals surface area (Å²) < 4.78 is 10.9. The van der Waals surface area contributed by atoms with E-state index >= 15 is 0 Å². The average molecular weight is 296 g/mol. The maximum atomic E-state index is 5.65. The van der Waals surface area contributed by atoms with Gasteiger partial charge in [0.15, 0.2) is 11.5 Å². The maximum Gasteiger partial charge on any atom is 0.218 e. The highest BCUT2D eigenvalue weighted by Crippen LogP contribution is 2.31. The fourth-order valence-electron chi connectivity index (χ4n) is 1.64. The van der Waals surface area contributed by atoms with E-state index in [4.69, 9.17) is 9.47 Å². The number of halogens is 1. The third-order valence-electron chi connectivity index (χ3n) is 2.49. The van der Waals surface area contributed by atoms with Crippen LogP contribution in [0.1, 0.15) is 5.56 Å². The summed E-state index contributed by atoms with van der Waals surface area (Å²) in [5.74, 6) is 2.01. The number of rotatable bonds is 7. The fourth-order valence-corrected chi connectivity index (χ4v) is 1.64. The van der Waals surface area contributed by atoms with Crippen LogP contribution in [-0.2, 0) is 6.54 Å². The quantitative estimate of drug-likeness (QED) is 0.641. The second-order valence-electron chi connectivity index (χ2n) is 3.74. The van der Waals surface area contributed by atoms with Crippen LogP contribution in [0.15, 0.2) is 37.2 Å². The van der Waals surface area contributed by atoms with E-state index in [1.807, 2.05) is 18.2 Å². The second kappa shape index (κ2) is 8.06. The second-order valence-corrected chi connectivity index (χ2v) is 3.74. The Morgan fingerprint density at radius 2 is 2.30 bits per heavy atom. The summed E-state index contributed by atoms with van der Waals surface area (Å²) in [6.45, 7) is 4.62. The van der Waals surface area contributed by atoms with Crippen LogP contribution in [0.2, 0.25) is 0 Å². The van der Waals surface area contributed by atoms with E-state index in [0.29, 0.717) is 30.6 Å². The Kier molecular flexibility index (Phi) is 6.39. The van der Waals surface area contributed by atoms with E-state index in [2.05, 4.69) is 27.1 Å². The maximum absolute atomic E-state index is 5.65. The van der Waals surface area contributed by atoms with E-state index in [9.17, 15) is 0 Å². The summed E-state index contributed by atoms with van der Waals surface area (Å²) in [6, 6.07) is 5.73. The van der Waals surface area contributed by atoms with E-state index in [0.717, 1.165) is 5.56 Å². The van der Waals surface area contributed by atoms with Gasteiger partial charge in [-0.05, 0) is 6.07 Å². The molecule has 108 valence electrons. The number of aromatic nitrogens is 3. The van der Waals surface area contributed by atoms with Gasteiger partial charge in [-0.25, -0.2) is 10.1 Å². The van der Waals surface area contributed by atoms with Gasteiger partial charge in [-0.2, -0.15) is 5.10 Å². The molecule has 20 heavy (non-hydrogen) atoms. The molecule has 0 unspecified atom stereocenters. The summed E-state index contributed by atoms with van der Waals surface area (Å²) >= 11 is 0. The topological polar surface area (TPSA) is 72.1 Å². The number of anilines is 1. The summed E-state index contributed by atoms with van der Waals surface area (Å²) in [4.78, 5) is 4.00. The molecule has 0 aliphatic heterocycles. The Hall–Kier alpha value is -2.21. The average Bonchev–Trinajstić information content (AvgIpc) is 2.96. The minimum absolute atomic E-state index is 0. The molecule has 1 aromatic heterocycles. The van der Waals surface area contributed by atoms with Crippen LogP contribution in [0.4, 0.5) is 5.95 Å². The molecule has 1 aromatic carbocycles. The Morgan fingerprint density at radius 3 is 2.95 bits per heavy atom. The van der Waals surface area contributed by atoms with Crippen LogP contribution in [0.3, 0.4) is 0 Å². The van der Waals surface area contributed by atoms with Crippen molar-refractivity contribution in [3.8, 4) is 11.5 Å². The van der Waals surface area contributed by atoms with Crippen molar-refractivity contribution in [3.05, 3.63) is 42.7 Å². The zero-order valence-corrected chi connectivity index (χ0v) is 11.9. The van der Waals surface area contributed by atoms with Gasteiger partial charge in [0.2, 0.25) is 5.95 Å². The number of hydrogen-bond acceptors (Lipinski definition) is 5. The van der Waals surface area contributed by atoms with E-state index in [-0.39, 0.29) is 12.4 Å². The molecule has 0 amide bonds. The molecule has 0 aliphatic carbocycles. The molecule has 1 heterocycles. The predicted octanol–water partition coefficient (Wildman–Crippen LogP) is -1.01. The first kappa shape index (κ1) is 15.8. The molecular formula is C13H16ClN4O2-. The van der Waals surface area contributed by atoms with Gasteiger partial charge in [-0.3, -0.25) is 0 Å². The molecule has 0 bridgehead atoms. The molecule has 0 saturated heterocycles. The zero-order valence-electron chi connectivity index (χ0n) is 11.1. The lowest BCUT2D eigenvalue weighted by atomic mass is 10.2. The molecule has 2 rings (SSSR count). The number of benzene rings is 1. The third-order valence-corrected chi connectivity index (χ3v) is 2.49. The number of aromatic amines is 1. The minimum Gasteiger partial charge on any atom is -1.00 e. The highest BCUT2D eigenvalue weighted by molar-refractivity contribution is 5.47. The number of methoxy groups -OCH3 is 1. The number of nitrogens with zero attached hydrogens (tertiary/aromatic N) is 2. The number of H-pyrrole nitrogens is 1. The van der Waals surface area contributed by atoms with E-state index < -0.39 is 0 Å². The molecule has 0 spiro atoms. The molecular weight excluding hydrogens is 280 g/mol. The smallest absolute Gasteiger partial charge is 0.218 e. The first-order chi connectivity index (χ1) is 9.35. The summed E-state index contributed by atoms with van der Waals surface area (Å²) in [6.07, 6.45) is 3.14. The summed E-state index contributed by atoms with van der Waals surface area (Å²) in [5.41, 5.74) is 0.970. The Labute approximate surface area is 123 Å². The molecule has 0 saturated carbocycles. The highest BCUT2D eigenvalue weighted by Gasteiger charge is 2.10. The molecule has 0 radical (unpaired) electrons.